The van der Waals surface area contributed by atoms with Gasteiger partial charge in [0, 0.05) is 22.2 Å². The van der Waals surface area contributed by atoms with Gasteiger partial charge in [-0.15, -0.1) is 0 Å². The van der Waals surface area contributed by atoms with Crippen LogP contribution in [0.1, 0.15) is 99.8 Å². The van der Waals surface area contributed by atoms with Crippen molar-refractivity contribution in [3.05, 3.63) is 12.2 Å². The molecule has 7 fully saturated rings. The summed E-state index contributed by atoms with van der Waals surface area (Å²) >= 11 is 0. The Labute approximate surface area is 325 Å². The van der Waals surface area contributed by atoms with Crippen LogP contribution < -0.4 is 0 Å². The van der Waals surface area contributed by atoms with E-state index in [1.54, 1.807) is 6.92 Å². The molecule has 0 radical (unpaired) electrons. The van der Waals surface area contributed by atoms with Crippen LogP contribution in [0.4, 0.5) is 0 Å². The lowest BCUT2D eigenvalue weighted by molar-refractivity contribution is -0.367. The average molecular weight is 781 g/mol. The van der Waals surface area contributed by atoms with Crippen molar-refractivity contribution in [2.24, 2.45) is 50.2 Å². The van der Waals surface area contributed by atoms with E-state index in [2.05, 4.69) is 53.7 Å². The minimum atomic E-state index is -1.72. The lowest BCUT2D eigenvalue weighted by Gasteiger charge is -2.73. The average Bonchev–Trinajstić information content (AvgIpc) is 3.41. The Kier molecular flexibility index (Phi) is 9.95. The fraction of sp³-hybridized carbons (Fsp3) is 0.952. The number of allylic oxidation sites excluding steroid dienone is 1. The zero-order valence-electron chi connectivity index (χ0n) is 33.7. The summed E-state index contributed by atoms with van der Waals surface area (Å²) in [5, 5.41) is 87.0. The molecule has 2 bridgehead atoms. The molecule has 13 heteroatoms. The molecule has 0 aromatic rings. The number of aliphatic hydroxyl groups is 8. The van der Waals surface area contributed by atoms with Gasteiger partial charge in [0.05, 0.1) is 43.7 Å². The Bertz CT molecular complexity index is 1490. The van der Waals surface area contributed by atoms with Crippen molar-refractivity contribution in [1.82, 2.24) is 0 Å². The molecule has 3 heterocycles. The zero-order valence-corrected chi connectivity index (χ0v) is 33.7. The smallest absolute Gasteiger partial charge is 0.187 e. The molecule has 4 saturated carbocycles. The molecule has 2 unspecified atom stereocenters. The Morgan fingerprint density at radius 2 is 1.44 bits per heavy atom. The van der Waals surface area contributed by atoms with Gasteiger partial charge in [-0.1, -0.05) is 53.7 Å². The molecular weight excluding hydrogens is 712 g/mol. The molecule has 3 aliphatic heterocycles. The summed E-state index contributed by atoms with van der Waals surface area (Å²) in [5.41, 5.74) is -1.90. The van der Waals surface area contributed by atoms with Gasteiger partial charge in [0.15, 0.2) is 12.6 Å². The minimum Gasteiger partial charge on any atom is -0.396 e. The molecule has 8 N–H and O–H groups in total. The van der Waals surface area contributed by atoms with Crippen molar-refractivity contribution >= 4 is 0 Å². The van der Waals surface area contributed by atoms with Crippen molar-refractivity contribution in [2.75, 3.05) is 19.8 Å². The first-order valence-electron chi connectivity index (χ1n) is 20.9. The molecule has 5 aliphatic carbocycles. The van der Waals surface area contributed by atoms with E-state index in [1.807, 2.05) is 0 Å². The minimum absolute atomic E-state index is 0.0414. The third kappa shape index (κ3) is 5.44. The molecule has 0 aromatic heterocycles. The molecule has 0 aromatic carbocycles. The van der Waals surface area contributed by atoms with E-state index in [0.29, 0.717) is 19.4 Å². The number of ether oxygens (including phenoxy) is 5. The molecule has 8 aliphatic rings. The second kappa shape index (κ2) is 13.4. The highest BCUT2D eigenvalue weighted by Crippen LogP contribution is 2.79. The number of hydrogen-bond donors (Lipinski definition) is 8. The molecule has 8 rings (SSSR count). The van der Waals surface area contributed by atoms with Crippen LogP contribution in [0.3, 0.4) is 0 Å². The van der Waals surface area contributed by atoms with Crippen LogP contribution in [0.15, 0.2) is 12.2 Å². The van der Waals surface area contributed by atoms with Crippen LogP contribution in [0.2, 0.25) is 0 Å². The van der Waals surface area contributed by atoms with Gasteiger partial charge in [0.2, 0.25) is 0 Å². The second-order valence-electron chi connectivity index (χ2n) is 21.0. The maximum absolute atomic E-state index is 12.1. The largest absolute Gasteiger partial charge is 0.396 e. The second-order valence-corrected chi connectivity index (χ2v) is 21.0. The summed E-state index contributed by atoms with van der Waals surface area (Å²) < 4.78 is 31.2. The van der Waals surface area contributed by atoms with E-state index in [-0.39, 0.29) is 51.4 Å². The third-order valence-corrected chi connectivity index (χ3v) is 17.9. The first-order valence-corrected chi connectivity index (χ1v) is 20.9. The van der Waals surface area contributed by atoms with Gasteiger partial charge in [0.25, 0.3) is 0 Å². The van der Waals surface area contributed by atoms with E-state index >= 15 is 0 Å². The van der Waals surface area contributed by atoms with Crippen molar-refractivity contribution in [3.8, 4) is 0 Å². The highest BCUT2D eigenvalue weighted by molar-refractivity contribution is 5.36. The van der Waals surface area contributed by atoms with Crippen LogP contribution in [0, 0.1) is 50.2 Å². The summed E-state index contributed by atoms with van der Waals surface area (Å²) in [5.74, 6) is 0.449. The predicted octanol–water partition coefficient (Wildman–Crippen LogP) is 1.78. The van der Waals surface area contributed by atoms with E-state index in [0.717, 1.165) is 38.5 Å². The Morgan fingerprint density at radius 3 is 2.13 bits per heavy atom. The van der Waals surface area contributed by atoms with Crippen LogP contribution in [-0.4, -0.2) is 140 Å². The van der Waals surface area contributed by atoms with Crippen LogP contribution in [0.25, 0.3) is 0 Å². The fourth-order valence-electron chi connectivity index (χ4n) is 14.3. The maximum Gasteiger partial charge on any atom is 0.187 e. The van der Waals surface area contributed by atoms with E-state index in [1.165, 1.54) is 0 Å². The molecule has 1 spiro atoms. The van der Waals surface area contributed by atoms with Crippen molar-refractivity contribution in [2.45, 2.75) is 179 Å². The Hall–Kier alpha value is -0.780. The number of fused-ring (bicyclic) bond motifs is 4. The summed E-state index contributed by atoms with van der Waals surface area (Å²) in [6, 6.07) is 0. The standard InChI is InChI=1S/C42H68O13/c1-21-28(46)33(55-34-31(49)30(48)29(47)22(18-43)53-34)32(50)35(52-21)54-27-10-11-37(4)23(38(27,5)19-44)8-12-39(6)24(37)9-13-42-25-16-36(2,3)14-15-41(25,20-51-42)26(45)17-40(39,42)7/h9,13,21-35,43-50H,8,10-12,14-20H2,1-7H3/t21-,22-,23?,24?,25-,26+,27+,28+,29-,30+,31-,32-,33+,34+,35+,37+,38+,39-,40+,41-,42+/m1/s1. The van der Waals surface area contributed by atoms with Gasteiger partial charge in [-0.25, -0.2) is 0 Å². The van der Waals surface area contributed by atoms with E-state index < -0.39 is 91.2 Å². The number of hydrogen-bond acceptors (Lipinski definition) is 13. The number of rotatable bonds is 6. The normalized spacial score (nSPS) is 59.7. The summed E-state index contributed by atoms with van der Waals surface area (Å²) in [6.07, 6.45) is -3.39. The summed E-state index contributed by atoms with van der Waals surface area (Å²) in [6.45, 7) is 15.4. The topological polar surface area (TPSA) is 208 Å². The molecule has 21 atom stereocenters. The highest BCUT2D eigenvalue weighted by atomic mass is 16.7. The van der Waals surface area contributed by atoms with Gasteiger partial charge in [-0.3, -0.25) is 0 Å². The maximum atomic E-state index is 12.1. The fourth-order valence-corrected chi connectivity index (χ4v) is 14.3. The number of aliphatic hydroxyl groups excluding tert-OH is 8. The molecular formula is C42H68O13. The van der Waals surface area contributed by atoms with Crippen LogP contribution >= 0.6 is 0 Å². The SMILES string of the molecule is C[C@H]1O[C@@H](O[C@H]2CC[C@@]3(C)C(CC[C@]4(C)C3C=C[C@]35OC[C@@]6(CCC(C)(C)C[C@H]63)[C@@H](O)C[C@]54C)[C@]2(C)CO)[C@H](O)[C@@H](O[C@@H]2O[C@H](CO)[C@@H](O)[C@H](O)[C@H]2O)[C@H]1O. The summed E-state index contributed by atoms with van der Waals surface area (Å²) in [4.78, 5) is 0. The van der Waals surface area contributed by atoms with E-state index in [4.69, 9.17) is 23.7 Å². The quantitative estimate of drug-likeness (QED) is 0.143. The predicted molar refractivity (Wildman–Crippen MR) is 197 cm³/mol. The highest BCUT2D eigenvalue weighted by Gasteiger charge is 2.79. The Morgan fingerprint density at radius 1 is 0.727 bits per heavy atom. The third-order valence-electron chi connectivity index (χ3n) is 17.9. The van der Waals surface area contributed by atoms with Crippen molar-refractivity contribution in [1.29, 1.82) is 0 Å². The molecule has 3 saturated heterocycles. The summed E-state index contributed by atoms with van der Waals surface area (Å²) in [7, 11) is 0. The molecule has 0 amide bonds. The molecule has 55 heavy (non-hydrogen) atoms. The zero-order chi connectivity index (χ0) is 39.9. The van der Waals surface area contributed by atoms with Gasteiger partial charge >= 0.3 is 0 Å². The van der Waals surface area contributed by atoms with Gasteiger partial charge in [0.1, 0.15) is 42.7 Å². The van der Waals surface area contributed by atoms with Crippen LogP contribution in [-0.2, 0) is 23.7 Å². The van der Waals surface area contributed by atoms with Crippen LogP contribution in [0.5, 0.6) is 0 Å². The monoisotopic (exact) mass is 780 g/mol. The first kappa shape index (κ1) is 41.0. The molecule has 314 valence electrons. The lowest BCUT2D eigenvalue weighted by atomic mass is 9.32. The van der Waals surface area contributed by atoms with E-state index in [9.17, 15) is 40.9 Å². The van der Waals surface area contributed by atoms with Crippen molar-refractivity contribution < 1.29 is 64.5 Å². The lowest BCUT2D eigenvalue weighted by Crippen LogP contribution is -2.72. The van der Waals surface area contributed by atoms with Gasteiger partial charge in [-0.05, 0) is 86.4 Å². The molecule has 13 nitrogen and oxygen atoms in total. The first-order chi connectivity index (χ1) is 25.7. The van der Waals surface area contributed by atoms with Gasteiger partial charge < -0.3 is 64.5 Å². The Balaban J connectivity index is 1.05. The van der Waals surface area contributed by atoms with Crippen molar-refractivity contribution in [3.63, 3.8) is 0 Å². The van der Waals surface area contributed by atoms with Gasteiger partial charge in [-0.2, -0.15) is 0 Å².